The Balaban J connectivity index is 2.16. The molecule has 126 valence electrons. The summed E-state index contributed by atoms with van der Waals surface area (Å²) < 4.78 is 35.9. The highest BCUT2D eigenvalue weighted by molar-refractivity contribution is 7.91. The molecule has 1 aliphatic heterocycles. The van der Waals surface area contributed by atoms with Crippen LogP contribution in [0.15, 0.2) is 29.2 Å². The van der Waals surface area contributed by atoms with Crippen LogP contribution in [0, 0.1) is 0 Å². The van der Waals surface area contributed by atoms with E-state index in [9.17, 15) is 13.2 Å². The van der Waals surface area contributed by atoms with Crippen molar-refractivity contribution in [2.24, 2.45) is 0 Å². The van der Waals surface area contributed by atoms with Gasteiger partial charge in [-0.25, -0.2) is 8.42 Å². The van der Waals surface area contributed by atoms with Crippen molar-refractivity contribution in [1.82, 2.24) is 0 Å². The number of carboxylic acids is 1. The lowest BCUT2D eigenvalue weighted by molar-refractivity contribution is -0.136. The van der Waals surface area contributed by atoms with Crippen molar-refractivity contribution in [3.63, 3.8) is 0 Å². The second-order valence-corrected chi connectivity index (χ2v) is 8.73. The zero-order chi connectivity index (χ0) is 17.5. The van der Waals surface area contributed by atoms with E-state index in [0.717, 1.165) is 5.46 Å². The van der Waals surface area contributed by atoms with Crippen LogP contribution in [0.4, 0.5) is 0 Å². The Hall–Kier alpha value is -1.38. The molecule has 2 rings (SSSR count). The fourth-order valence-corrected chi connectivity index (χ4v) is 3.38. The number of sulfone groups is 1. The molecule has 0 aromatic heterocycles. The van der Waals surface area contributed by atoms with Gasteiger partial charge in [-0.05, 0) is 45.3 Å². The molecule has 8 heteroatoms. The van der Waals surface area contributed by atoms with Gasteiger partial charge in [0.05, 0.1) is 28.3 Å². The fraction of sp³-hybridized carbons (Fsp3) is 0.533. The topological polar surface area (TPSA) is 89.9 Å². The molecule has 1 N–H and O–H groups in total. The number of hydrogen-bond acceptors (Lipinski definition) is 5. The number of rotatable bonds is 5. The highest BCUT2D eigenvalue weighted by atomic mass is 32.2. The van der Waals surface area contributed by atoms with Crippen LogP contribution in [0.25, 0.3) is 0 Å². The first kappa shape index (κ1) is 18.0. The van der Waals surface area contributed by atoms with Gasteiger partial charge in [-0.15, -0.1) is 0 Å². The van der Waals surface area contributed by atoms with Gasteiger partial charge in [-0.2, -0.15) is 0 Å². The van der Waals surface area contributed by atoms with Crippen LogP contribution in [0.5, 0.6) is 0 Å². The number of aliphatic carboxylic acids is 1. The highest BCUT2D eigenvalue weighted by Crippen LogP contribution is 2.36. The molecule has 0 atom stereocenters. The molecule has 1 heterocycles. The van der Waals surface area contributed by atoms with E-state index in [-0.39, 0.29) is 4.90 Å². The number of benzene rings is 1. The van der Waals surface area contributed by atoms with Crippen LogP contribution < -0.4 is 5.46 Å². The molecule has 0 radical (unpaired) electrons. The monoisotopic (exact) mass is 340 g/mol. The SMILES string of the molecule is CC1(C)OB(c2ccc(S(=O)(=O)CCC(=O)O)cc2)OC1(C)C. The lowest BCUT2D eigenvalue weighted by Gasteiger charge is -2.32. The minimum Gasteiger partial charge on any atom is -0.481 e. The maximum absolute atomic E-state index is 12.0. The molecule has 1 saturated heterocycles. The predicted octanol–water partition coefficient (Wildman–Crippen LogP) is 1.23. The van der Waals surface area contributed by atoms with Crippen LogP contribution in [0.1, 0.15) is 34.1 Å². The standard InChI is InChI=1S/C15H21BO6S/c1-14(2)15(3,4)22-16(21-14)11-5-7-12(8-6-11)23(19,20)10-9-13(17)18/h5-8H,9-10H2,1-4H3,(H,17,18). The van der Waals surface area contributed by atoms with Gasteiger partial charge in [0.2, 0.25) is 0 Å². The van der Waals surface area contributed by atoms with E-state index in [1.165, 1.54) is 12.1 Å². The summed E-state index contributed by atoms with van der Waals surface area (Å²) >= 11 is 0. The molecule has 0 saturated carbocycles. The summed E-state index contributed by atoms with van der Waals surface area (Å²) in [5, 5.41) is 8.61. The lowest BCUT2D eigenvalue weighted by atomic mass is 9.79. The van der Waals surface area contributed by atoms with Crippen molar-refractivity contribution in [3.8, 4) is 0 Å². The first-order chi connectivity index (χ1) is 10.4. The molecule has 0 amide bonds. The lowest BCUT2D eigenvalue weighted by Crippen LogP contribution is -2.41. The smallest absolute Gasteiger partial charge is 0.481 e. The van der Waals surface area contributed by atoms with Crippen molar-refractivity contribution >= 4 is 28.4 Å². The molecule has 0 spiro atoms. The molecular weight excluding hydrogens is 319 g/mol. The van der Waals surface area contributed by atoms with Gasteiger partial charge in [0.1, 0.15) is 0 Å². The quantitative estimate of drug-likeness (QED) is 0.811. The summed E-state index contributed by atoms with van der Waals surface area (Å²) in [6.45, 7) is 7.77. The van der Waals surface area contributed by atoms with Crippen LogP contribution in [-0.4, -0.2) is 43.6 Å². The molecule has 1 aromatic carbocycles. The highest BCUT2D eigenvalue weighted by Gasteiger charge is 2.51. The molecule has 1 aromatic rings. The van der Waals surface area contributed by atoms with Crippen molar-refractivity contribution in [1.29, 1.82) is 0 Å². The average Bonchev–Trinajstić information content (AvgIpc) is 2.66. The van der Waals surface area contributed by atoms with E-state index in [1.54, 1.807) is 12.1 Å². The van der Waals surface area contributed by atoms with E-state index in [0.29, 0.717) is 0 Å². The van der Waals surface area contributed by atoms with Crippen molar-refractivity contribution in [2.75, 3.05) is 5.75 Å². The van der Waals surface area contributed by atoms with Gasteiger partial charge in [0.25, 0.3) is 0 Å². The molecule has 1 fully saturated rings. The molecule has 23 heavy (non-hydrogen) atoms. The normalized spacial score (nSPS) is 19.7. The van der Waals surface area contributed by atoms with E-state index >= 15 is 0 Å². The van der Waals surface area contributed by atoms with Crippen LogP contribution in [-0.2, 0) is 23.9 Å². The average molecular weight is 340 g/mol. The van der Waals surface area contributed by atoms with Crippen molar-refractivity contribution < 1.29 is 27.6 Å². The maximum atomic E-state index is 12.0. The van der Waals surface area contributed by atoms with Crippen LogP contribution in [0.2, 0.25) is 0 Å². The fourth-order valence-electron chi connectivity index (χ4n) is 2.15. The first-order valence-corrected chi connectivity index (χ1v) is 9.00. The molecule has 0 aliphatic carbocycles. The zero-order valence-electron chi connectivity index (χ0n) is 13.7. The Morgan fingerprint density at radius 2 is 1.57 bits per heavy atom. The summed E-state index contributed by atoms with van der Waals surface area (Å²) in [7, 11) is -4.16. The van der Waals surface area contributed by atoms with Gasteiger partial charge in [-0.1, -0.05) is 12.1 Å². The minimum absolute atomic E-state index is 0.0963. The Kier molecular flexibility index (Phi) is 4.63. The Labute approximate surface area is 136 Å². The maximum Gasteiger partial charge on any atom is 0.494 e. The van der Waals surface area contributed by atoms with Gasteiger partial charge in [-0.3, -0.25) is 4.79 Å². The second kappa shape index (κ2) is 5.92. The van der Waals surface area contributed by atoms with Gasteiger partial charge < -0.3 is 14.4 Å². The van der Waals surface area contributed by atoms with E-state index in [1.807, 2.05) is 27.7 Å². The molecule has 0 unspecified atom stereocenters. The van der Waals surface area contributed by atoms with E-state index < -0.39 is 46.3 Å². The summed E-state index contributed by atoms with van der Waals surface area (Å²) in [5.74, 6) is -1.56. The third-order valence-corrected chi connectivity index (χ3v) is 6.08. The molecule has 0 bridgehead atoms. The number of carboxylic acid groups (broad SMARTS) is 1. The summed E-state index contributed by atoms with van der Waals surface area (Å²) in [6.07, 6.45) is -0.415. The Morgan fingerprint density at radius 1 is 1.09 bits per heavy atom. The first-order valence-electron chi connectivity index (χ1n) is 7.35. The Bertz CT molecular complexity index is 677. The molecular formula is C15H21BO6S. The van der Waals surface area contributed by atoms with Crippen LogP contribution >= 0.6 is 0 Å². The van der Waals surface area contributed by atoms with Gasteiger partial charge in [0, 0.05) is 0 Å². The zero-order valence-corrected chi connectivity index (χ0v) is 14.5. The van der Waals surface area contributed by atoms with Crippen molar-refractivity contribution in [2.45, 2.75) is 50.2 Å². The third kappa shape index (κ3) is 3.76. The Morgan fingerprint density at radius 3 is 2.00 bits per heavy atom. The largest absolute Gasteiger partial charge is 0.494 e. The summed E-state index contributed by atoms with van der Waals surface area (Å²) in [5.41, 5.74) is -0.214. The molecule has 6 nitrogen and oxygen atoms in total. The van der Waals surface area contributed by atoms with Gasteiger partial charge >= 0.3 is 13.1 Å². The summed E-state index contributed by atoms with van der Waals surface area (Å²) in [4.78, 5) is 10.6. The number of carbonyl (C=O) groups is 1. The third-order valence-electron chi connectivity index (χ3n) is 4.35. The van der Waals surface area contributed by atoms with Gasteiger partial charge in [0.15, 0.2) is 9.84 Å². The van der Waals surface area contributed by atoms with Crippen LogP contribution in [0.3, 0.4) is 0 Å². The summed E-state index contributed by atoms with van der Waals surface area (Å²) in [6, 6.07) is 6.18. The second-order valence-electron chi connectivity index (χ2n) is 6.62. The predicted molar refractivity (Wildman–Crippen MR) is 86.5 cm³/mol. The molecule has 1 aliphatic rings. The van der Waals surface area contributed by atoms with Crippen molar-refractivity contribution in [3.05, 3.63) is 24.3 Å². The van der Waals surface area contributed by atoms with E-state index in [2.05, 4.69) is 0 Å². The van der Waals surface area contributed by atoms with E-state index in [4.69, 9.17) is 14.4 Å². The number of hydrogen-bond donors (Lipinski definition) is 1. The minimum atomic E-state index is -3.60.